The summed E-state index contributed by atoms with van der Waals surface area (Å²) < 4.78 is 0. The van der Waals surface area contributed by atoms with Gasteiger partial charge in [0.25, 0.3) is 0 Å². The summed E-state index contributed by atoms with van der Waals surface area (Å²) in [6.07, 6.45) is 2.77. The molecule has 0 bridgehead atoms. The van der Waals surface area contributed by atoms with Crippen LogP contribution in [0.3, 0.4) is 0 Å². The third-order valence-corrected chi connectivity index (χ3v) is 3.86. The van der Waals surface area contributed by atoms with Gasteiger partial charge in [-0.15, -0.1) is 0 Å². The highest BCUT2D eigenvalue weighted by Crippen LogP contribution is 2.30. The fourth-order valence-corrected chi connectivity index (χ4v) is 2.69. The van der Waals surface area contributed by atoms with E-state index in [1.165, 1.54) is 0 Å². The SMILES string of the molecule is CC(C#N)(Cc1cc(Cl)ccc1O)N1CCCC1. The standard InChI is InChI=1S/C14H17ClN2O/c1-14(10-16,17-6-2-3-7-17)9-11-8-12(15)4-5-13(11)18/h4-5,8,18H,2-3,6-7,9H2,1H3. The van der Waals surface area contributed by atoms with Gasteiger partial charge in [-0.25, -0.2) is 0 Å². The van der Waals surface area contributed by atoms with Gasteiger partial charge in [-0.2, -0.15) is 5.26 Å². The molecule has 3 nitrogen and oxygen atoms in total. The number of rotatable bonds is 3. The fraction of sp³-hybridized carbons (Fsp3) is 0.500. The first-order valence-electron chi connectivity index (χ1n) is 6.19. The van der Waals surface area contributed by atoms with Crippen LogP contribution in [0.4, 0.5) is 0 Å². The maximum absolute atomic E-state index is 9.85. The first kappa shape index (κ1) is 13.2. The molecular formula is C14H17ClN2O. The molecule has 0 saturated carbocycles. The molecule has 1 fully saturated rings. The van der Waals surface area contributed by atoms with Crippen LogP contribution in [0.5, 0.6) is 5.75 Å². The van der Waals surface area contributed by atoms with Crippen molar-refractivity contribution in [1.82, 2.24) is 4.90 Å². The maximum Gasteiger partial charge on any atom is 0.118 e. The van der Waals surface area contributed by atoms with Gasteiger partial charge in [0.2, 0.25) is 0 Å². The number of hydrogen-bond donors (Lipinski definition) is 1. The largest absolute Gasteiger partial charge is 0.508 e. The van der Waals surface area contributed by atoms with E-state index in [9.17, 15) is 10.4 Å². The van der Waals surface area contributed by atoms with E-state index in [0.717, 1.165) is 31.5 Å². The number of benzene rings is 1. The van der Waals surface area contributed by atoms with Crippen LogP contribution in [0.15, 0.2) is 18.2 Å². The molecule has 0 aromatic heterocycles. The molecule has 96 valence electrons. The second kappa shape index (κ2) is 5.17. The lowest BCUT2D eigenvalue weighted by molar-refractivity contribution is 0.190. The number of aromatic hydroxyl groups is 1. The van der Waals surface area contributed by atoms with E-state index >= 15 is 0 Å². The Morgan fingerprint density at radius 1 is 1.44 bits per heavy atom. The summed E-state index contributed by atoms with van der Waals surface area (Å²) in [6.45, 7) is 3.83. The average Bonchev–Trinajstić information content (AvgIpc) is 2.88. The van der Waals surface area contributed by atoms with Gasteiger partial charge in [-0.1, -0.05) is 11.6 Å². The second-order valence-corrected chi connectivity index (χ2v) is 5.47. The first-order chi connectivity index (χ1) is 8.55. The fourth-order valence-electron chi connectivity index (χ4n) is 2.50. The van der Waals surface area contributed by atoms with Gasteiger partial charge in [-0.05, 0) is 56.6 Å². The molecule has 2 rings (SSSR count). The molecular weight excluding hydrogens is 248 g/mol. The molecule has 1 N–H and O–H groups in total. The molecule has 1 aromatic carbocycles. The van der Waals surface area contributed by atoms with Gasteiger partial charge in [0.15, 0.2) is 0 Å². The van der Waals surface area contributed by atoms with Crippen LogP contribution in [-0.2, 0) is 6.42 Å². The van der Waals surface area contributed by atoms with Crippen molar-refractivity contribution >= 4 is 11.6 Å². The van der Waals surface area contributed by atoms with Crippen molar-refractivity contribution in [3.63, 3.8) is 0 Å². The quantitative estimate of drug-likeness (QED) is 0.913. The van der Waals surface area contributed by atoms with Crippen LogP contribution in [0.2, 0.25) is 5.02 Å². The molecule has 1 atom stereocenters. The summed E-state index contributed by atoms with van der Waals surface area (Å²) >= 11 is 5.94. The van der Waals surface area contributed by atoms with Crippen LogP contribution in [0.25, 0.3) is 0 Å². The summed E-state index contributed by atoms with van der Waals surface area (Å²) in [5.74, 6) is 0.208. The normalized spacial score (nSPS) is 19.4. The Morgan fingerprint density at radius 3 is 2.72 bits per heavy atom. The molecule has 0 amide bonds. The van der Waals surface area contributed by atoms with Gasteiger partial charge in [0.1, 0.15) is 11.3 Å². The van der Waals surface area contributed by atoms with Crippen molar-refractivity contribution in [1.29, 1.82) is 5.26 Å². The predicted molar refractivity (Wildman–Crippen MR) is 71.6 cm³/mol. The molecule has 1 unspecified atom stereocenters. The lowest BCUT2D eigenvalue weighted by Crippen LogP contribution is -2.45. The number of halogens is 1. The Morgan fingerprint density at radius 2 is 2.11 bits per heavy atom. The molecule has 1 aliphatic heterocycles. The van der Waals surface area contributed by atoms with Gasteiger partial charge in [-0.3, -0.25) is 4.90 Å². The van der Waals surface area contributed by atoms with Crippen LogP contribution in [0.1, 0.15) is 25.3 Å². The lowest BCUT2D eigenvalue weighted by atomic mass is 9.92. The zero-order chi connectivity index (χ0) is 13.2. The number of likely N-dealkylation sites (tertiary alicyclic amines) is 1. The molecule has 1 heterocycles. The van der Waals surface area contributed by atoms with E-state index in [4.69, 9.17) is 11.6 Å². The summed E-state index contributed by atoms with van der Waals surface area (Å²) in [7, 11) is 0. The molecule has 4 heteroatoms. The second-order valence-electron chi connectivity index (χ2n) is 5.03. The third kappa shape index (κ3) is 2.60. The summed E-state index contributed by atoms with van der Waals surface area (Å²) in [4.78, 5) is 2.19. The minimum absolute atomic E-state index is 0.208. The van der Waals surface area contributed by atoms with E-state index in [2.05, 4.69) is 11.0 Å². The lowest BCUT2D eigenvalue weighted by Gasteiger charge is -2.32. The van der Waals surface area contributed by atoms with E-state index in [1.807, 2.05) is 6.92 Å². The smallest absolute Gasteiger partial charge is 0.118 e. The number of nitrogens with zero attached hydrogens (tertiary/aromatic N) is 2. The highest BCUT2D eigenvalue weighted by Gasteiger charge is 2.34. The summed E-state index contributed by atoms with van der Waals surface area (Å²) in [5, 5.41) is 19.9. The van der Waals surface area contributed by atoms with Crippen molar-refractivity contribution < 1.29 is 5.11 Å². The number of phenols is 1. The summed E-state index contributed by atoms with van der Waals surface area (Å²) in [6, 6.07) is 7.36. The van der Waals surface area contributed by atoms with Gasteiger partial charge >= 0.3 is 0 Å². The average molecular weight is 265 g/mol. The highest BCUT2D eigenvalue weighted by molar-refractivity contribution is 6.30. The highest BCUT2D eigenvalue weighted by atomic mass is 35.5. The number of hydrogen-bond acceptors (Lipinski definition) is 3. The Balaban J connectivity index is 2.24. The Labute approximate surface area is 113 Å². The van der Waals surface area contributed by atoms with Gasteiger partial charge in [0, 0.05) is 11.4 Å². The number of nitriles is 1. The molecule has 0 radical (unpaired) electrons. The van der Waals surface area contributed by atoms with E-state index in [-0.39, 0.29) is 5.75 Å². The van der Waals surface area contributed by atoms with Crippen LogP contribution in [0, 0.1) is 11.3 Å². The molecule has 1 saturated heterocycles. The van der Waals surface area contributed by atoms with Crippen molar-refractivity contribution in [2.24, 2.45) is 0 Å². The van der Waals surface area contributed by atoms with Crippen molar-refractivity contribution in [3.05, 3.63) is 28.8 Å². The molecule has 1 aliphatic rings. The predicted octanol–water partition coefficient (Wildman–Crippen LogP) is 2.97. The van der Waals surface area contributed by atoms with Crippen molar-refractivity contribution in [3.8, 4) is 11.8 Å². The molecule has 0 spiro atoms. The van der Waals surface area contributed by atoms with E-state index in [0.29, 0.717) is 11.4 Å². The van der Waals surface area contributed by atoms with Crippen LogP contribution in [-0.4, -0.2) is 28.6 Å². The van der Waals surface area contributed by atoms with Gasteiger partial charge in [0.05, 0.1) is 6.07 Å². The van der Waals surface area contributed by atoms with Crippen LogP contribution < -0.4 is 0 Å². The molecule has 18 heavy (non-hydrogen) atoms. The topological polar surface area (TPSA) is 47.3 Å². The van der Waals surface area contributed by atoms with Crippen LogP contribution >= 0.6 is 11.6 Å². The molecule has 0 aliphatic carbocycles. The van der Waals surface area contributed by atoms with E-state index in [1.54, 1.807) is 18.2 Å². The minimum atomic E-state index is -0.571. The Kier molecular flexibility index (Phi) is 3.79. The monoisotopic (exact) mass is 264 g/mol. The first-order valence-corrected chi connectivity index (χ1v) is 6.57. The number of phenolic OH excluding ortho intramolecular Hbond substituents is 1. The van der Waals surface area contributed by atoms with Crippen molar-refractivity contribution in [2.75, 3.05) is 13.1 Å². The third-order valence-electron chi connectivity index (χ3n) is 3.62. The minimum Gasteiger partial charge on any atom is -0.508 e. The zero-order valence-electron chi connectivity index (χ0n) is 10.5. The molecule has 1 aromatic rings. The maximum atomic E-state index is 9.85. The van der Waals surface area contributed by atoms with Gasteiger partial charge < -0.3 is 5.11 Å². The summed E-state index contributed by atoms with van der Waals surface area (Å²) in [5.41, 5.74) is 0.164. The Bertz CT molecular complexity index is 477. The van der Waals surface area contributed by atoms with E-state index < -0.39 is 5.54 Å². The Hall–Kier alpha value is -1.24. The van der Waals surface area contributed by atoms with Crippen molar-refractivity contribution in [2.45, 2.75) is 31.7 Å². The zero-order valence-corrected chi connectivity index (χ0v) is 11.2.